The number of sulfone groups is 1. The lowest BCUT2D eigenvalue weighted by Gasteiger charge is -2.14. The van der Waals surface area contributed by atoms with Crippen LogP contribution in [0.5, 0.6) is 5.75 Å². The number of carbonyl (C=O) groups excluding carboxylic acids is 1. The number of carbonyl (C=O) groups is 1. The van der Waals surface area contributed by atoms with Gasteiger partial charge in [0.2, 0.25) is 15.0 Å². The molecule has 2 aromatic heterocycles. The zero-order valence-corrected chi connectivity index (χ0v) is 19.5. The fourth-order valence-corrected chi connectivity index (χ4v) is 4.54. The van der Waals surface area contributed by atoms with Crippen LogP contribution in [0, 0.1) is 25.2 Å². The van der Waals surface area contributed by atoms with Gasteiger partial charge in [0.15, 0.2) is 0 Å². The number of aryl methyl sites for hydroxylation is 1. The van der Waals surface area contributed by atoms with Crippen molar-refractivity contribution >= 4 is 38.5 Å². The maximum Gasteiger partial charge on any atom is 0.268 e. The first-order valence-electron chi connectivity index (χ1n) is 9.53. The minimum Gasteiger partial charge on any atom is -0.492 e. The molecule has 1 N–H and O–H groups in total. The number of ether oxygens (including phenoxy) is 1. The van der Waals surface area contributed by atoms with Crippen LogP contribution in [0.3, 0.4) is 0 Å². The highest BCUT2D eigenvalue weighted by Gasteiger charge is 2.19. The molecule has 0 radical (unpaired) electrons. The van der Waals surface area contributed by atoms with Crippen molar-refractivity contribution in [1.82, 2.24) is 13.9 Å². The molecule has 166 valence electrons. The van der Waals surface area contributed by atoms with Gasteiger partial charge in [0, 0.05) is 29.2 Å². The third-order valence-corrected chi connectivity index (χ3v) is 6.09. The second-order valence-corrected chi connectivity index (χ2v) is 9.50. The van der Waals surface area contributed by atoms with Crippen LogP contribution in [-0.4, -0.2) is 41.1 Å². The highest BCUT2D eigenvalue weighted by Crippen LogP contribution is 2.29. The Hall–Kier alpha value is -3.49. The number of nitrogens with zero attached hydrogens (tertiary/aromatic N) is 4. The van der Waals surface area contributed by atoms with E-state index in [1.165, 1.54) is 6.08 Å². The lowest BCUT2D eigenvalue weighted by Crippen LogP contribution is -2.13. The van der Waals surface area contributed by atoms with Gasteiger partial charge in [-0.1, -0.05) is 12.1 Å². The Morgan fingerprint density at radius 1 is 1.34 bits per heavy atom. The van der Waals surface area contributed by atoms with Gasteiger partial charge in [-0.3, -0.25) is 10.1 Å². The number of rotatable bonds is 7. The monoisotopic (exact) mass is 471 g/mol. The van der Waals surface area contributed by atoms with Crippen molar-refractivity contribution in [2.45, 2.75) is 25.9 Å². The fraction of sp³-hybridized carbons (Fsp3) is 0.238. The standard InChI is InChI=1S/C21H21N5O4S2/c1-5-30-18-9-7-6-8-17(18)26-13(2)10-15(14(26)3)11-16(12-22)19(27)23-20-24-21(25-31-20)32(4,28)29/h6-11H,5H2,1-4H3,(H,23,24,25,27). The Morgan fingerprint density at radius 3 is 2.69 bits per heavy atom. The minimum atomic E-state index is -3.59. The Morgan fingerprint density at radius 2 is 2.06 bits per heavy atom. The van der Waals surface area contributed by atoms with Crippen molar-refractivity contribution in [3.05, 3.63) is 52.9 Å². The average Bonchev–Trinajstić information content (AvgIpc) is 3.31. The highest BCUT2D eigenvalue weighted by molar-refractivity contribution is 7.90. The highest BCUT2D eigenvalue weighted by atomic mass is 32.2. The van der Waals surface area contributed by atoms with Gasteiger partial charge in [0.25, 0.3) is 11.1 Å². The summed E-state index contributed by atoms with van der Waals surface area (Å²) >= 11 is 0.725. The molecule has 3 aromatic rings. The second kappa shape index (κ2) is 9.33. The molecule has 0 saturated heterocycles. The molecule has 0 aliphatic heterocycles. The van der Waals surface area contributed by atoms with Crippen molar-refractivity contribution in [3.8, 4) is 17.5 Å². The molecule has 0 saturated carbocycles. The van der Waals surface area contributed by atoms with Crippen LogP contribution in [0.1, 0.15) is 23.9 Å². The predicted molar refractivity (Wildman–Crippen MR) is 122 cm³/mol. The van der Waals surface area contributed by atoms with Gasteiger partial charge in [0.1, 0.15) is 17.4 Å². The average molecular weight is 472 g/mol. The summed E-state index contributed by atoms with van der Waals surface area (Å²) in [7, 11) is -3.59. The smallest absolute Gasteiger partial charge is 0.268 e. The molecule has 32 heavy (non-hydrogen) atoms. The predicted octanol–water partition coefficient (Wildman–Crippen LogP) is 3.29. The molecule has 0 aliphatic carbocycles. The number of para-hydroxylation sites is 2. The van der Waals surface area contributed by atoms with E-state index in [9.17, 15) is 18.5 Å². The third-order valence-electron chi connectivity index (χ3n) is 4.50. The first kappa shape index (κ1) is 23.2. The van der Waals surface area contributed by atoms with Crippen molar-refractivity contribution in [2.24, 2.45) is 0 Å². The summed E-state index contributed by atoms with van der Waals surface area (Å²) in [4.78, 5) is 16.4. The van der Waals surface area contributed by atoms with Crippen molar-refractivity contribution in [3.63, 3.8) is 0 Å². The number of nitriles is 1. The summed E-state index contributed by atoms with van der Waals surface area (Å²) in [5, 5.41) is 11.6. The van der Waals surface area contributed by atoms with Gasteiger partial charge >= 0.3 is 0 Å². The molecule has 1 aromatic carbocycles. The molecule has 0 spiro atoms. The Kier molecular flexibility index (Phi) is 6.76. The van der Waals surface area contributed by atoms with Crippen LogP contribution in [0.25, 0.3) is 11.8 Å². The molecule has 0 unspecified atom stereocenters. The molecule has 0 fully saturated rings. The number of anilines is 1. The molecular weight excluding hydrogens is 450 g/mol. The summed E-state index contributed by atoms with van der Waals surface area (Å²) in [5.74, 6) is 0.0201. The summed E-state index contributed by atoms with van der Waals surface area (Å²) in [6, 6.07) is 11.4. The van der Waals surface area contributed by atoms with Crippen LogP contribution in [0.15, 0.2) is 41.1 Å². The normalized spacial score (nSPS) is 11.8. The molecular formula is C21H21N5O4S2. The summed E-state index contributed by atoms with van der Waals surface area (Å²) in [6.45, 7) is 6.24. The van der Waals surface area contributed by atoms with Crippen LogP contribution >= 0.6 is 11.5 Å². The van der Waals surface area contributed by atoms with E-state index in [1.807, 2.05) is 61.7 Å². The zero-order chi connectivity index (χ0) is 23.5. The molecule has 0 bridgehead atoms. The molecule has 2 heterocycles. The quantitative estimate of drug-likeness (QED) is 0.414. The van der Waals surface area contributed by atoms with Gasteiger partial charge in [-0.15, -0.1) is 0 Å². The number of amides is 1. The van der Waals surface area contributed by atoms with Crippen LogP contribution in [-0.2, 0) is 14.6 Å². The topological polar surface area (TPSA) is 127 Å². The molecule has 0 atom stereocenters. The van der Waals surface area contributed by atoms with E-state index in [0.29, 0.717) is 12.2 Å². The molecule has 11 heteroatoms. The van der Waals surface area contributed by atoms with Crippen LogP contribution in [0.2, 0.25) is 0 Å². The van der Waals surface area contributed by atoms with Crippen LogP contribution < -0.4 is 10.1 Å². The number of nitrogens with one attached hydrogen (secondary N) is 1. The van der Waals surface area contributed by atoms with Gasteiger partial charge in [-0.25, -0.2) is 8.42 Å². The third kappa shape index (κ3) is 4.87. The Bertz CT molecular complexity index is 1350. The first-order chi connectivity index (χ1) is 15.2. The number of hydrogen-bond acceptors (Lipinski definition) is 8. The van der Waals surface area contributed by atoms with E-state index in [2.05, 4.69) is 14.7 Å². The second-order valence-electron chi connectivity index (χ2n) is 6.84. The fourth-order valence-electron chi connectivity index (χ4n) is 3.10. The van der Waals surface area contributed by atoms with Gasteiger partial charge < -0.3 is 9.30 Å². The van der Waals surface area contributed by atoms with E-state index < -0.39 is 15.7 Å². The largest absolute Gasteiger partial charge is 0.492 e. The molecule has 3 rings (SSSR count). The Balaban J connectivity index is 1.93. The summed E-state index contributed by atoms with van der Waals surface area (Å²) in [5.41, 5.74) is 3.12. The lowest BCUT2D eigenvalue weighted by molar-refractivity contribution is -0.112. The lowest BCUT2D eigenvalue weighted by atomic mass is 10.1. The maximum absolute atomic E-state index is 12.6. The Labute approximate surface area is 190 Å². The summed E-state index contributed by atoms with van der Waals surface area (Å²) in [6.07, 6.45) is 2.46. The molecule has 9 nitrogen and oxygen atoms in total. The molecule has 0 aliphatic rings. The van der Waals surface area contributed by atoms with Crippen molar-refractivity contribution in [1.29, 1.82) is 5.26 Å². The maximum atomic E-state index is 12.6. The van der Waals surface area contributed by atoms with Gasteiger partial charge in [-0.05, 0) is 50.6 Å². The summed E-state index contributed by atoms with van der Waals surface area (Å²) < 4.78 is 34.5. The number of hydrogen-bond donors (Lipinski definition) is 1. The van der Waals surface area contributed by atoms with Crippen molar-refractivity contribution in [2.75, 3.05) is 18.2 Å². The number of benzene rings is 1. The zero-order valence-electron chi connectivity index (χ0n) is 17.9. The first-order valence-corrected chi connectivity index (χ1v) is 12.2. The van der Waals surface area contributed by atoms with E-state index in [0.717, 1.165) is 40.6 Å². The van der Waals surface area contributed by atoms with E-state index in [-0.39, 0.29) is 15.9 Å². The van der Waals surface area contributed by atoms with E-state index in [1.54, 1.807) is 0 Å². The van der Waals surface area contributed by atoms with Gasteiger partial charge in [-0.2, -0.15) is 14.6 Å². The SMILES string of the molecule is CCOc1ccccc1-n1c(C)cc(C=C(C#N)C(=O)Nc2nc(S(C)(=O)=O)ns2)c1C. The van der Waals surface area contributed by atoms with Crippen LogP contribution in [0.4, 0.5) is 5.13 Å². The van der Waals surface area contributed by atoms with E-state index in [4.69, 9.17) is 4.74 Å². The van der Waals surface area contributed by atoms with E-state index >= 15 is 0 Å². The van der Waals surface area contributed by atoms with Crippen molar-refractivity contribution < 1.29 is 17.9 Å². The van der Waals surface area contributed by atoms with Gasteiger partial charge in [0.05, 0.1) is 12.3 Å². The minimum absolute atomic E-state index is 0.00677. The molecule has 1 amide bonds. The number of aromatic nitrogens is 3.